The predicted octanol–water partition coefficient (Wildman–Crippen LogP) is -4.42. The van der Waals surface area contributed by atoms with Crippen molar-refractivity contribution in [1.82, 2.24) is 131 Å². The van der Waals surface area contributed by atoms with Gasteiger partial charge in [-0.1, -0.05) is 12.2 Å². The topological polar surface area (TPSA) is 939 Å². The maximum atomic E-state index is 12.7. The molecule has 0 aliphatic carbocycles. The Hall–Kier alpha value is -13.9. The van der Waals surface area contributed by atoms with Gasteiger partial charge in [0.25, 0.3) is 17.1 Å². The van der Waals surface area contributed by atoms with Crippen LogP contribution < -0.4 is 167 Å². The van der Waals surface area contributed by atoms with Crippen LogP contribution in [0.25, 0.3) is 0 Å². The molecule has 12 heterocycles. The van der Waals surface area contributed by atoms with E-state index in [4.69, 9.17) is 101 Å². The number of nitrogens with zero attached hydrogens (tertiary/aromatic N) is 25. The van der Waals surface area contributed by atoms with Crippen molar-refractivity contribution >= 4 is 117 Å². The first-order chi connectivity index (χ1) is 69.1. The highest BCUT2D eigenvalue weighted by Gasteiger charge is 2.15. The maximum absolute atomic E-state index is 12.7. The molecule has 39 N–H and O–H groups in total. The van der Waals surface area contributed by atoms with E-state index in [0.29, 0.717) is 131 Å². The van der Waals surface area contributed by atoms with E-state index < -0.39 is 11.7 Å². The highest BCUT2D eigenvalue weighted by molar-refractivity contribution is 7.71. The largest absolute Gasteiger partial charge is 0.440 e. The Morgan fingerprint density at radius 2 is 0.903 bits per heavy atom. The molecule has 0 atom stereocenters. The molecule has 0 aromatic carbocycles. The fourth-order valence-electron chi connectivity index (χ4n) is 10.5. The van der Waals surface area contributed by atoms with E-state index in [1.165, 1.54) is 30.0 Å². The van der Waals surface area contributed by atoms with E-state index >= 15 is 0 Å². The molecule has 12 aromatic heterocycles. The van der Waals surface area contributed by atoms with Gasteiger partial charge in [0.2, 0.25) is 41.3 Å². The minimum absolute atomic E-state index is 0.0328. The Labute approximate surface area is 843 Å². The van der Waals surface area contributed by atoms with E-state index in [0.717, 1.165) is 189 Å². The number of rotatable bonds is 48. The van der Waals surface area contributed by atoms with Gasteiger partial charge in [-0.05, 0) is 172 Å². The number of H-pyrrole nitrogens is 13. The summed E-state index contributed by atoms with van der Waals surface area (Å²) in [6, 6.07) is 4.42. The molecule has 0 saturated carbocycles. The molecule has 63 nitrogen and oxygen atoms in total. The zero-order valence-electron chi connectivity index (χ0n) is 84.2. The fraction of sp³-hybridized carbons (Fsp3) is 0.623. The first-order valence-electron chi connectivity index (χ1n) is 45.4. The second-order valence-corrected chi connectivity index (χ2v) is 32.1. The molecule has 0 aliphatic rings. The average Bonchev–Trinajstić information content (AvgIpc) is 1.75. The Morgan fingerprint density at radius 1 is 0.444 bits per heavy atom. The van der Waals surface area contributed by atoms with Crippen molar-refractivity contribution in [2.45, 2.75) is 77.0 Å². The van der Waals surface area contributed by atoms with Crippen LogP contribution in [-0.4, -0.2) is 379 Å². The molecule has 0 aliphatic heterocycles. The third-order valence-electron chi connectivity index (χ3n) is 18.6. The van der Waals surface area contributed by atoms with Crippen molar-refractivity contribution < 1.29 is 32.1 Å². The van der Waals surface area contributed by atoms with Crippen LogP contribution >= 0.6 is 35.5 Å². The first kappa shape index (κ1) is 130. The maximum Gasteiger partial charge on any atom is 0.440 e. The molecular weight excluding hydrogens is 1950 g/mol. The van der Waals surface area contributed by atoms with Gasteiger partial charge in [-0.2, -0.15) is 64.4 Å². The number of carbonyl (C=O) groups excluding carboxylic acids is 2. The van der Waals surface area contributed by atoms with E-state index in [1.807, 2.05) is 127 Å². The van der Waals surface area contributed by atoms with Crippen molar-refractivity contribution in [2.24, 2.45) is 68.8 Å². The van der Waals surface area contributed by atoms with E-state index in [-0.39, 0.29) is 39.9 Å². The lowest BCUT2D eigenvalue weighted by molar-refractivity contribution is -0.191. The molecule has 0 bridgehead atoms. The number of anilines is 13. The standard InChI is InChI=1S/3C7H13N3O2.C7H13N3OS.C6H12FN5.C6H14N6.C6H13N5S.3C6H13N5.C6H12N4O2.C6H12N4OS.CO2/c1-10(4-2-3-8)6-5-9-12-7(6)11;1-10(4-2-3-8)7-5-6(11)9-12-7;1-10(4-2-3-8)6-5-7(11)12-9-6;1-10(4-2-3-8)7-5-6(11)9-12-7;1-12(4-2-3-8)6-5(7)9-11-10-6;1-12(4-2-3-7)6-9-5(8)10-11-6;1-11(4-2-3-7)5-6(12)9-10-8-5;1-11(4-2-3-7)6-8-5-9-10-6;2*1-11(4-2-3-7)6-5-8-10-9-6;1-10(4-2-3-7)5-8-6(11)12-9-5;1-10(4-2-3-7)5-6(11)9-12-8-5;2-1-3/h5,9H,2-4,8H2,1H3;5H,2-4,8H2,1H3,(H,9,11);5,9H,2-4,8H2,1H3;5H,2-4,8H2,1H3,(H,9,11);2-4,8H2,1H3,(H,9,10,11);2-4,7H2,1H3,(H3,8,9,10,11);2-4,7H2,1H3,(H2,8,9,10,12);3*5H,2-4,7H2,1H3,(H,8,9,10);2-4,7H2,1H3,(H,8,9,11);2-4,7H2,1H3,(H,9,11);. The van der Waals surface area contributed by atoms with Crippen LogP contribution in [0.5, 0.6) is 0 Å². The molecule has 12 rings (SSSR count). The number of hydrogen-bond acceptors (Lipinski definition) is 53. The molecule has 0 saturated heterocycles. The van der Waals surface area contributed by atoms with Crippen LogP contribution in [0.3, 0.4) is 0 Å². The average molecular weight is 2100 g/mol. The van der Waals surface area contributed by atoms with Crippen molar-refractivity contribution in [3.8, 4) is 0 Å². The molecule has 814 valence electrons. The first-order valence-corrected chi connectivity index (χ1v) is 47.4. The van der Waals surface area contributed by atoms with Gasteiger partial charge in [0.1, 0.15) is 22.8 Å². The monoisotopic (exact) mass is 2100 g/mol. The summed E-state index contributed by atoms with van der Waals surface area (Å²) in [5.41, 5.74) is 69.0. The van der Waals surface area contributed by atoms with Crippen LogP contribution in [-0.2, 0) is 9.59 Å². The highest BCUT2D eigenvalue weighted by Crippen LogP contribution is 2.16. The van der Waals surface area contributed by atoms with Gasteiger partial charge in [-0.3, -0.25) is 37.7 Å². The summed E-state index contributed by atoms with van der Waals surface area (Å²) in [5, 5.41) is 63.4. The molecule has 0 unspecified atom stereocenters. The zero-order valence-corrected chi connectivity index (χ0v) is 86.6. The summed E-state index contributed by atoms with van der Waals surface area (Å²) in [4.78, 5) is 114. The third-order valence-corrected chi connectivity index (χ3v) is 20.4. The van der Waals surface area contributed by atoms with Crippen molar-refractivity contribution in [1.29, 1.82) is 0 Å². The number of nitrogen functional groups attached to an aromatic ring is 1. The lowest BCUT2D eigenvalue weighted by atomic mass is 10.4. The Balaban J connectivity index is 0.00000155. The molecule has 67 heteroatoms. The Kier molecular flexibility index (Phi) is 73.7. The third kappa shape index (κ3) is 58.4. The quantitative estimate of drug-likeness (QED) is 0.0160. The molecule has 0 radical (unpaired) electrons. The molecule has 0 spiro atoms. The van der Waals surface area contributed by atoms with Crippen LogP contribution in [0.2, 0.25) is 0 Å². The highest BCUT2D eigenvalue weighted by atomic mass is 32.1. The number of nitrogens with one attached hydrogen (secondary N) is 13. The molecule has 144 heavy (non-hydrogen) atoms. The van der Waals surface area contributed by atoms with Crippen LogP contribution in [0.15, 0.2) is 90.0 Å². The Bertz CT molecular complexity index is 4920. The second kappa shape index (κ2) is 81.6. The minimum atomic E-state index is -0.575. The predicted molar refractivity (Wildman–Crippen MR) is 561 cm³/mol. The van der Waals surface area contributed by atoms with Crippen LogP contribution in [0.4, 0.5) is 79.7 Å². The minimum Gasteiger partial charge on any atom is -0.368 e. The van der Waals surface area contributed by atoms with Crippen LogP contribution in [0.1, 0.15) is 77.0 Å². The summed E-state index contributed by atoms with van der Waals surface area (Å²) < 4.78 is 40.7. The van der Waals surface area contributed by atoms with E-state index in [2.05, 4.69) is 144 Å². The van der Waals surface area contributed by atoms with Gasteiger partial charge >= 0.3 is 28.7 Å². The molecule has 0 fully saturated rings. The van der Waals surface area contributed by atoms with Gasteiger partial charge in [-0.25, -0.2) is 40.1 Å². The molecule has 0 amide bonds. The smallest absolute Gasteiger partial charge is 0.368 e. The second-order valence-electron chi connectivity index (χ2n) is 30.3. The fourth-order valence-corrected chi connectivity index (χ4v) is 12.0. The summed E-state index contributed by atoms with van der Waals surface area (Å²) in [7, 11) is 22.6. The summed E-state index contributed by atoms with van der Waals surface area (Å²) in [6.07, 6.45) is 17.6. The normalized spacial score (nSPS) is 9.98. The van der Waals surface area contributed by atoms with Gasteiger partial charge in [0.15, 0.2) is 22.1 Å². The lowest BCUT2D eigenvalue weighted by Crippen LogP contribution is -2.25. The molecular formula is C77H154FN51O12S3. The van der Waals surface area contributed by atoms with E-state index in [1.54, 1.807) is 41.5 Å². The summed E-state index contributed by atoms with van der Waals surface area (Å²) >= 11 is 7.41. The van der Waals surface area contributed by atoms with Crippen LogP contribution in [0, 0.1) is 10.6 Å². The van der Waals surface area contributed by atoms with Crippen molar-refractivity contribution in [3.63, 3.8) is 0 Å². The van der Waals surface area contributed by atoms with Gasteiger partial charge in [-0.15, -0.1) is 30.6 Å². The van der Waals surface area contributed by atoms with Gasteiger partial charge < -0.3 is 147 Å². The summed E-state index contributed by atoms with van der Waals surface area (Å²) in [6.45, 7) is 17.8. The summed E-state index contributed by atoms with van der Waals surface area (Å²) in [5.74, 6) is 5.52. The number of aromatic amines is 13. The number of halogens is 1. The van der Waals surface area contributed by atoms with Gasteiger partial charge in [0, 0.05) is 181 Å². The van der Waals surface area contributed by atoms with Gasteiger partial charge in [0.05, 0.1) is 30.7 Å². The number of aromatic nitrogens is 26. The zero-order chi connectivity index (χ0) is 108. The van der Waals surface area contributed by atoms with Crippen molar-refractivity contribution in [3.05, 3.63) is 116 Å². The Morgan fingerprint density at radius 3 is 1.27 bits per heavy atom. The SMILES string of the molecule is CN(CCCN)c1c[nH]oc1=O.CN(CCCN)c1cc(=O)[nH]o1.CN(CCCN)c1cc(=O)[nH]s1.CN(CCCN)c1cc(=O)o[nH]1.CN(CCCN)c1cn[nH]n1.CN(CCCN)c1cn[nH]n1.CN(CCCN)c1n[nH][nH]c1=S.CN(CCCN)c1n[nH]c(N)n1.CN(CCCN)c1n[nH]nc1F.CN(CCCN)c1ncn[nH]1.CN(CCCN)c1noc(=O)[nH]1.CN(CCCN)c1ns[nH]c1=O.O=C=O. The number of hydrogen-bond donors (Lipinski definition) is 26. The lowest BCUT2D eigenvalue weighted by Gasteiger charge is -2.14. The molecule has 12 aromatic rings. The van der Waals surface area contributed by atoms with Crippen molar-refractivity contribution in [2.75, 3.05) is 306 Å². The van der Waals surface area contributed by atoms with E-state index in [9.17, 15) is 33.2 Å². The number of nitrogens with two attached hydrogens (primary N) is 13.